The van der Waals surface area contributed by atoms with E-state index >= 15 is 0 Å². The first-order valence-corrected chi connectivity index (χ1v) is 9.25. The first-order chi connectivity index (χ1) is 10.7. The molecule has 112 valence electrons. The Morgan fingerprint density at radius 2 is 1.82 bits per heavy atom. The van der Waals surface area contributed by atoms with E-state index in [0.717, 1.165) is 11.5 Å². The van der Waals surface area contributed by atoms with Crippen molar-refractivity contribution in [3.05, 3.63) is 58.7 Å². The molecular formula is C18H16O2S2. The Morgan fingerprint density at radius 3 is 2.55 bits per heavy atom. The lowest BCUT2D eigenvalue weighted by Crippen LogP contribution is -2.13. The molecule has 2 aromatic carbocycles. The number of aryl methyl sites for hydroxylation is 1. The molecule has 4 rings (SSSR count). The van der Waals surface area contributed by atoms with Crippen LogP contribution in [0.1, 0.15) is 27.0 Å². The third kappa shape index (κ3) is 1.87. The molecular weight excluding hydrogens is 312 g/mol. The molecule has 1 saturated heterocycles. The highest BCUT2D eigenvalue weighted by atomic mass is 32.2. The Bertz CT molecular complexity index is 777. The molecule has 2 aromatic rings. The highest BCUT2D eigenvalue weighted by Gasteiger charge is 2.47. The summed E-state index contributed by atoms with van der Waals surface area (Å²) in [6, 6.07) is 12.6. The fraction of sp³-hybridized carbons (Fsp3) is 0.278. The predicted octanol–water partition coefficient (Wildman–Crippen LogP) is 4.44. The molecule has 22 heavy (non-hydrogen) atoms. The number of rotatable bonds is 1. The minimum Gasteiger partial charge on any atom is -0.465 e. The number of carbonyl (C=O) groups is 1. The van der Waals surface area contributed by atoms with Gasteiger partial charge in [0.25, 0.3) is 0 Å². The summed E-state index contributed by atoms with van der Waals surface area (Å²) < 4.78 is 4.88. The summed E-state index contributed by atoms with van der Waals surface area (Å²) in [5, 5.41) is 0. The molecule has 0 amide bonds. The molecule has 2 aliphatic rings. The van der Waals surface area contributed by atoms with E-state index in [1.54, 1.807) is 0 Å². The summed E-state index contributed by atoms with van der Waals surface area (Å²) in [6.45, 7) is 2.14. The number of ether oxygens (including phenoxy) is 1. The van der Waals surface area contributed by atoms with Gasteiger partial charge in [0, 0.05) is 11.5 Å². The second kappa shape index (κ2) is 5.07. The van der Waals surface area contributed by atoms with E-state index in [0.29, 0.717) is 5.56 Å². The molecule has 0 radical (unpaired) electrons. The Hall–Kier alpha value is -1.39. The van der Waals surface area contributed by atoms with Gasteiger partial charge >= 0.3 is 5.97 Å². The number of carbonyl (C=O) groups excluding carboxylic acids is 1. The summed E-state index contributed by atoms with van der Waals surface area (Å²) >= 11 is 4.03. The van der Waals surface area contributed by atoms with Gasteiger partial charge in [0.1, 0.15) is 4.08 Å². The first kappa shape index (κ1) is 14.2. The fourth-order valence-electron chi connectivity index (χ4n) is 3.33. The summed E-state index contributed by atoms with van der Waals surface area (Å²) in [6.07, 6.45) is 0. The first-order valence-electron chi connectivity index (χ1n) is 7.28. The number of thioether (sulfide) groups is 2. The highest BCUT2D eigenvalue weighted by molar-refractivity contribution is 8.20. The molecule has 1 heterocycles. The van der Waals surface area contributed by atoms with Crippen LogP contribution in [0.2, 0.25) is 0 Å². The summed E-state index contributed by atoms with van der Waals surface area (Å²) in [5.41, 5.74) is 7.06. The molecule has 1 fully saturated rings. The molecule has 4 heteroatoms. The number of esters is 1. The Labute approximate surface area is 138 Å². The molecule has 1 aliphatic carbocycles. The number of methoxy groups -OCH3 is 1. The van der Waals surface area contributed by atoms with Crippen LogP contribution in [0.25, 0.3) is 11.1 Å². The molecule has 0 N–H and O–H groups in total. The lowest BCUT2D eigenvalue weighted by Gasteiger charge is -2.24. The lowest BCUT2D eigenvalue weighted by atomic mass is 10.0. The molecule has 1 aliphatic heterocycles. The van der Waals surface area contributed by atoms with Crippen molar-refractivity contribution in [3.8, 4) is 11.1 Å². The molecule has 2 nitrogen and oxygen atoms in total. The van der Waals surface area contributed by atoms with Crippen molar-refractivity contribution in [2.45, 2.75) is 11.0 Å². The van der Waals surface area contributed by atoms with E-state index in [9.17, 15) is 4.79 Å². The Kier molecular flexibility index (Phi) is 3.27. The normalized spacial score (nSPS) is 17.4. The van der Waals surface area contributed by atoms with Crippen LogP contribution >= 0.6 is 23.5 Å². The summed E-state index contributed by atoms with van der Waals surface area (Å²) in [5.74, 6) is 2.05. The van der Waals surface area contributed by atoms with Crippen LogP contribution in [0.5, 0.6) is 0 Å². The van der Waals surface area contributed by atoms with Crippen LogP contribution in [-0.4, -0.2) is 24.6 Å². The highest BCUT2D eigenvalue weighted by Crippen LogP contribution is 2.64. The molecule has 0 atom stereocenters. The number of benzene rings is 2. The Balaban J connectivity index is 1.98. The third-order valence-electron chi connectivity index (χ3n) is 4.31. The van der Waals surface area contributed by atoms with Crippen LogP contribution in [0, 0.1) is 6.92 Å². The van der Waals surface area contributed by atoms with Gasteiger partial charge in [-0.15, -0.1) is 23.5 Å². The minimum atomic E-state index is -0.274. The quantitative estimate of drug-likeness (QED) is 0.723. The van der Waals surface area contributed by atoms with Crippen LogP contribution in [0.15, 0.2) is 36.4 Å². The standard InChI is InChI=1S/C18H16O2S2/c1-11-3-5-13-14-10-12(17(19)20-2)4-6-15(14)18(16(13)9-11)21-7-8-22-18/h3-6,9-10H,7-8H2,1-2H3. The van der Waals surface area contributed by atoms with Crippen LogP contribution in [0.4, 0.5) is 0 Å². The van der Waals surface area contributed by atoms with Crippen molar-refractivity contribution in [3.63, 3.8) is 0 Å². The zero-order valence-electron chi connectivity index (χ0n) is 12.5. The van der Waals surface area contributed by atoms with Crippen LogP contribution in [-0.2, 0) is 8.82 Å². The van der Waals surface area contributed by atoms with Gasteiger partial charge in [-0.05, 0) is 41.3 Å². The average Bonchev–Trinajstić information content (AvgIpc) is 3.12. The topological polar surface area (TPSA) is 26.3 Å². The van der Waals surface area contributed by atoms with Gasteiger partial charge in [0.05, 0.1) is 12.7 Å². The summed E-state index contributed by atoms with van der Waals surface area (Å²) in [4.78, 5) is 11.9. The van der Waals surface area contributed by atoms with Crippen LogP contribution in [0.3, 0.4) is 0 Å². The van der Waals surface area contributed by atoms with Crippen molar-refractivity contribution < 1.29 is 9.53 Å². The van der Waals surface area contributed by atoms with Gasteiger partial charge in [-0.1, -0.05) is 29.8 Å². The van der Waals surface area contributed by atoms with E-state index in [4.69, 9.17) is 4.74 Å². The van der Waals surface area contributed by atoms with E-state index in [-0.39, 0.29) is 10.0 Å². The van der Waals surface area contributed by atoms with E-state index < -0.39 is 0 Å². The largest absolute Gasteiger partial charge is 0.465 e. The second-order valence-electron chi connectivity index (χ2n) is 5.61. The molecule has 1 spiro atoms. The van der Waals surface area contributed by atoms with Gasteiger partial charge in [-0.2, -0.15) is 0 Å². The van der Waals surface area contributed by atoms with Crippen molar-refractivity contribution in [1.82, 2.24) is 0 Å². The van der Waals surface area contributed by atoms with Crippen molar-refractivity contribution in [2.24, 2.45) is 0 Å². The van der Waals surface area contributed by atoms with E-state index in [1.807, 2.05) is 35.7 Å². The van der Waals surface area contributed by atoms with E-state index in [1.165, 1.54) is 34.9 Å². The van der Waals surface area contributed by atoms with Crippen molar-refractivity contribution >= 4 is 29.5 Å². The molecule has 0 saturated carbocycles. The van der Waals surface area contributed by atoms with Gasteiger partial charge in [0.2, 0.25) is 0 Å². The number of hydrogen-bond acceptors (Lipinski definition) is 4. The molecule has 0 unspecified atom stereocenters. The van der Waals surface area contributed by atoms with Gasteiger partial charge in [-0.25, -0.2) is 4.79 Å². The number of hydrogen-bond donors (Lipinski definition) is 0. The van der Waals surface area contributed by atoms with Crippen molar-refractivity contribution in [1.29, 1.82) is 0 Å². The number of fused-ring (bicyclic) bond motifs is 5. The van der Waals surface area contributed by atoms with Gasteiger partial charge in [-0.3, -0.25) is 0 Å². The predicted molar refractivity (Wildman–Crippen MR) is 93.7 cm³/mol. The maximum Gasteiger partial charge on any atom is 0.337 e. The zero-order chi connectivity index (χ0) is 15.3. The second-order valence-corrected chi connectivity index (χ2v) is 8.49. The van der Waals surface area contributed by atoms with Crippen molar-refractivity contribution in [2.75, 3.05) is 18.6 Å². The maximum atomic E-state index is 11.9. The maximum absolute atomic E-state index is 11.9. The Morgan fingerprint density at radius 1 is 1.05 bits per heavy atom. The monoisotopic (exact) mass is 328 g/mol. The van der Waals surface area contributed by atoms with Crippen LogP contribution < -0.4 is 0 Å². The lowest BCUT2D eigenvalue weighted by molar-refractivity contribution is 0.0601. The fourth-order valence-corrected chi connectivity index (χ4v) is 6.72. The third-order valence-corrected chi connectivity index (χ3v) is 7.78. The van der Waals surface area contributed by atoms with Gasteiger partial charge in [0.15, 0.2) is 0 Å². The zero-order valence-corrected chi connectivity index (χ0v) is 14.1. The summed E-state index contributed by atoms with van der Waals surface area (Å²) in [7, 11) is 1.43. The SMILES string of the molecule is COC(=O)c1ccc2c(c1)-c1ccc(C)cc1C21SCCS1. The molecule has 0 bridgehead atoms. The smallest absolute Gasteiger partial charge is 0.337 e. The van der Waals surface area contributed by atoms with E-state index in [2.05, 4.69) is 31.2 Å². The van der Waals surface area contributed by atoms with Gasteiger partial charge < -0.3 is 4.74 Å². The average molecular weight is 328 g/mol. The molecule has 0 aromatic heterocycles. The minimum absolute atomic E-state index is 0.00529.